The number of halogens is 1. The largest absolute Gasteiger partial charge is 0.355 e. The van der Waals surface area contributed by atoms with Crippen LogP contribution in [0.15, 0.2) is 34.9 Å². The molecular weight excluding hydrogens is 276 g/mol. The maximum absolute atomic E-state index is 11.9. The molecule has 1 aromatic heterocycles. The molecule has 0 radical (unpaired) electrons. The third-order valence-corrected chi connectivity index (χ3v) is 3.19. The van der Waals surface area contributed by atoms with Gasteiger partial charge < -0.3 is 9.84 Å². The second-order valence-electron chi connectivity index (χ2n) is 4.55. The topological polar surface area (TPSA) is 55.1 Å². The van der Waals surface area contributed by atoms with Gasteiger partial charge in [-0.25, -0.2) is 0 Å². The van der Waals surface area contributed by atoms with E-state index in [0.29, 0.717) is 23.0 Å². The minimum atomic E-state index is -0.204. The highest BCUT2D eigenvalue weighted by atomic mass is 35.5. The Balaban J connectivity index is 1.98. The van der Waals surface area contributed by atoms with E-state index in [1.807, 2.05) is 12.1 Å². The average Bonchev–Trinajstić information content (AvgIpc) is 2.94. The Bertz CT molecular complexity index is 564. The fourth-order valence-electron chi connectivity index (χ4n) is 1.80. The summed E-state index contributed by atoms with van der Waals surface area (Å²) in [4.78, 5) is 11.9. The molecule has 0 saturated heterocycles. The first-order valence-electron chi connectivity index (χ1n) is 6.71. The van der Waals surface area contributed by atoms with Crippen LogP contribution < -0.4 is 5.32 Å². The molecule has 20 heavy (non-hydrogen) atoms. The van der Waals surface area contributed by atoms with E-state index in [-0.39, 0.29) is 5.91 Å². The molecule has 0 unspecified atom stereocenters. The third-order valence-electron chi connectivity index (χ3n) is 2.94. The predicted molar refractivity (Wildman–Crippen MR) is 78.8 cm³/mol. The van der Waals surface area contributed by atoms with Crippen molar-refractivity contribution < 1.29 is 9.32 Å². The molecule has 1 amide bonds. The van der Waals surface area contributed by atoms with E-state index in [9.17, 15) is 4.79 Å². The van der Waals surface area contributed by atoms with E-state index < -0.39 is 0 Å². The van der Waals surface area contributed by atoms with Crippen LogP contribution in [-0.2, 0) is 0 Å². The van der Waals surface area contributed by atoms with Gasteiger partial charge in [0.25, 0.3) is 5.91 Å². The maximum Gasteiger partial charge on any atom is 0.273 e. The number of carbonyl (C=O) groups is 1. The molecule has 0 spiro atoms. The smallest absolute Gasteiger partial charge is 0.273 e. The van der Waals surface area contributed by atoms with Crippen molar-refractivity contribution in [2.24, 2.45) is 0 Å². The zero-order valence-electron chi connectivity index (χ0n) is 11.4. The number of aromatic nitrogens is 1. The summed E-state index contributed by atoms with van der Waals surface area (Å²) in [6.07, 6.45) is 3.21. The number of rotatable bonds is 6. The summed E-state index contributed by atoms with van der Waals surface area (Å²) in [5.41, 5.74) is 1.14. The van der Waals surface area contributed by atoms with Crippen molar-refractivity contribution in [1.29, 1.82) is 0 Å². The van der Waals surface area contributed by atoms with Crippen LogP contribution in [0.1, 0.15) is 36.7 Å². The summed E-state index contributed by atoms with van der Waals surface area (Å²) in [5.74, 6) is 0.352. The lowest BCUT2D eigenvalue weighted by atomic mass is 10.1. The van der Waals surface area contributed by atoms with Gasteiger partial charge in [-0.15, -0.1) is 0 Å². The maximum atomic E-state index is 11.9. The van der Waals surface area contributed by atoms with Crippen molar-refractivity contribution in [2.45, 2.75) is 26.2 Å². The van der Waals surface area contributed by atoms with Crippen LogP contribution in [0.25, 0.3) is 11.3 Å². The summed E-state index contributed by atoms with van der Waals surface area (Å²) >= 11 is 5.83. The molecule has 0 bridgehead atoms. The van der Waals surface area contributed by atoms with E-state index in [1.165, 1.54) is 0 Å². The molecule has 0 aliphatic heterocycles. The van der Waals surface area contributed by atoms with Crippen LogP contribution in [0, 0.1) is 0 Å². The summed E-state index contributed by atoms with van der Waals surface area (Å²) in [6.45, 7) is 2.79. The lowest BCUT2D eigenvalue weighted by molar-refractivity contribution is 0.0944. The van der Waals surface area contributed by atoms with Gasteiger partial charge in [0.05, 0.1) is 0 Å². The summed E-state index contributed by atoms with van der Waals surface area (Å²) in [7, 11) is 0. The number of nitrogens with zero attached hydrogens (tertiary/aromatic N) is 1. The first-order valence-corrected chi connectivity index (χ1v) is 7.09. The van der Waals surface area contributed by atoms with Crippen LogP contribution in [0.3, 0.4) is 0 Å². The lowest BCUT2D eigenvalue weighted by Crippen LogP contribution is -2.24. The molecule has 106 valence electrons. The first-order chi connectivity index (χ1) is 9.70. The van der Waals surface area contributed by atoms with Gasteiger partial charge in [0.15, 0.2) is 11.5 Å². The lowest BCUT2D eigenvalue weighted by Gasteiger charge is -2.00. The molecule has 0 saturated carbocycles. The van der Waals surface area contributed by atoms with Crippen LogP contribution in [0.4, 0.5) is 0 Å². The van der Waals surface area contributed by atoms with Crippen molar-refractivity contribution >= 4 is 17.5 Å². The molecule has 1 N–H and O–H groups in total. The number of benzene rings is 1. The number of hydrogen-bond acceptors (Lipinski definition) is 3. The van der Waals surface area contributed by atoms with E-state index in [4.69, 9.17) is 16.1 Å². The van der Waals surface area contributed by atoms with Crippen molar-refractivity contribution in [3.63, 3.8) is 0 Å². The molecule has 2 aromatic rings. The number of carbonyl (C=O) groups excluding carboxylic acids is 1. The highest BCUT2D eigenvalue weighted by Crippen LogP contribution is 2.22. The Morgan fingerprint density at radius 2 is 2.05 bits per heavy atom. The first kappa shape index (κ1) is 14.6. The van der Waals surface area contributed by atoms with Crippen LogP contribution in [-0.4, -0.2) is 17.6 Å². The van der Waals surface area contributed by atoms with Gasteiger partial charge in [-0.2, -0.15) is 0 Å². The fraction of sp³-hybridized carbons (Fsp3) is 0.333. The zero-order chi connectivity index (χ0) is 14.4. The third kappa shape index (κ3) is 3.84. The van der Waals surface area contributed by atoms with Gasteiger partial charge in [-0.1, -0.05) is 36.5 Å². The van der Waals surface area contributed by atoms with Crippen molar-refractivity contribution in [3.05, 3.63) is 41.0 Å². The zero-order valence-corrected chi connectivity index (χ0v) is 12.1. The molecule has 0 aliphatic rings. The van der Waals surface area contributed by atoms with Gasteiger partial charge in [0.1, 0.15) is 0 Å². The molecular formula is C15H17ClN2O2. The Labute approximate surface area is 123 Å². The molecule has 0 fully saturated rings. The van der Waals surface area contributed by atoms with E-state index >= 15 is 0 Å². The minimum Gasteiger partial charge on any atom is -0.355 e. The summed E-state index contributed by atoms with van der Waals surface area (Å²) < 4.78 is 5.19. The Hall–Kier alpha value is -1.81. The molecule has 1 aromatic carbocycles. The number of unbranched alkanes of at least 4 members (excludes halogenated alkanes) is 2. The highest BCUT2D eigenvalue weighted by Gasteiger charge is 2.13. The average molecular weight is 293 g/mol. The molecule has 0 aliphatic carbocycles. The summed E-state index contributed by atoms with van der Waals surface area (Å²) in [6, 6.07) is 8.82. The van der Waals surface area contributed by atoms with Gasteiger partial charge in [-0.3, -0.25) is 4.79 Å². The molecule has 0 atom stereocenters. The van der Waals surface area contributed by atoms with E-state index in [1.54, 1.807) is 18.2 Å². The van der Waals surface area contributed by atoms with Gasteiger partial charge in [0.2, 0.25) is 0 Å². The highest BCUT2D eigenvalue weighted by molar-refractivity contribution is 6.30. The SMILES string of the molecule is CCCCCNC(=O)c1cc(-c2ccc(Cl)cc2)on1. The molecule has 2 rings (SSSR count). The number of hydrogen-bond donors (Lipinski definition) is 1. The quantitative estimate of drug-likeness (QED) is 0.821. The summed E-state index contributed by atoms with van der Waals surface area (Å²) in [5, 5.41) is 7.27. The number of amides is 1. The normalized spacial score (nSPS) is 10.5. The van der Waals surface area contributed by atoms with Gasteiger partial charge in [-0.05, 0) is 30.7 Å². The van der Waals surface area contributed by atoms with Crippen LogP contribution in [0.2, 0.25) is 5.02 Å². The van der Waals surface area contributed by atoms with Crippen LogP contribution >= 0.6 is 11.6 Å². The van der Waals surface area contributed by atoms with Crippen LogP contribution in [0.5, 0.6) is 0 Å². The van der Waals surface area contributed by atoms with Crippen molar-refractivity contribution in [1.82, 2.24) is 10.5 Å². The second kappa shape index (κ2) is 7.10. The van der Waals surface area contributed by atoms with Gasteiger partial charge in [0, 0.05) is 23.2 Å². The van der Waals surface area contributed by atoms with Gasteiger partial charge >= 0.3 is 0 Å². The minimum absolute atomic E-state index is 0.204. The van der Waals surface area contributed by atoms with E-state index in [0.717, 1.165) is 24.8 Å². The Morgan fingerprint density at radius 1 is 1.30 bits per heavy atom. The molecule has 1 heterocycles. The Kier molecular flexibility index (Phi) is 5.18. The predicted octanol–water partition coefficient (Wildman–Crippen LogP) is 3.92. The van der Waals surface area contributed by atoms with Crippen molar-refractivity contribution in [2.75, 3.05) is 6.54 Å². The molecule has 4 nitrogen and oxygen atoms in total. The molecule has 5 heteroatoms. The monoisotopic (exact) mass is 292 g/mol. The number of nitrogens with one attached hydrogen (secondary N) is 1. The second-order valence-corrected chi connectivity index (χ2v) is 4.98. The standard InChI is InChI=1S/C15H17ClN2O2/c1-2-3-4-9-17-15(19)13-10-14(20-18-13)11-5-7-12(16)8-6-11/h5-8,10H,2-4,9H2,1H3,(H,17,19). The van der Waals surface area contributed by atoms with Crippen molar-refractivity contribution in [3.8, 4) is 11.3 Å². The Morgan fingerprint density at radius 3 is 2.75 bits per heavy atom. The van der Waals surface area contributed by atoms with E-state index in [2.05, 4.69) is 17.4 Å². The fourth-order valence-corrected chi connectivity index (χ4v) is 1.93.